The van der Waals surface area contributed by atoms with Crippen molar-refractivity contribution in [2.24, 2.45) is 0 Å². The summed E-state index contributed by atoms with van der Waals surface area (Å²) >= 11 is 0. The van der Waals surface area contributed by atoms with Crippen molar-refractivity contribution in [3.63, 3.8) is 0 Å². The number of phenols is 1. The fourth-order valence-corrected chi connectivity index (χ4v) is 1.55. The minimum absolute atomic E-state index is 0.0402. The molecule has 84 valence electrons. The van der Waals surface area contributed by atoms with Gasteiger partial charge in [-0.05, 0) is 31.4 Å². The van der Waals surface area contributed by atoms with E-state index in [0.29, 0.717) is 24.0 Å². The van der Waals surface area contributed by atoms with Gasteiger partial charge in [0, 0.05) is 12.2 Å². The van der Waals surface area contributed by atoms with E-state index in [1.165, 1.54) is 13.2 Å². The van der Waals surface area contributed by atoms with Crippen molar-refractivity contribution in [1.29, 1.82) is 0 Å². The van der Waals surface area contributed by atoms with E-state index in [9.17, 15) is 9.50 Å². The van der Waals surface area contributed by atoms with Gasteiger partial charge in [0.2, 0.25) is 0 Å². The van der Waals surface area contributed by atoms with Crippen LogP contribution in [-0.2, 0) is 6.42 Å². The van der Waals surface area contributed by atoms with Crippen LogP contribution in [-0.4, -0.2) is 23.9 Å². The van der Waals surface area contributed by atoms with Gasteiger partial charge in [0.05, 0.1) is 7.11 Å². The molecule has 0 spiro atoms. The number of ether oxygens (including phenoxy) is 1. The van der Waals surface area contributed by atoms with Crippen molar-refractivity contribution in [2.75, 3.05) is 13.7 Å². The fraction of sp³-hybridized carbons (Fsp3) is 0.455. The highest BCUT2D eigenvalue weighted by Gasteiger charge is 2.15. The summed E-state index contributed by atoms with van der Waals surface area (Å²) < 4.78 is 18.0. The zero-order valence-corrected chi connectivity index (χ0v) is 8.88. The highest BCUT2D eigenvalue weighted by Crippen LogP contribution is 2.35. The van der Waals surface area contributed by atoms with Crippen molar-refractivity contribution in [3.8, 4) is 11.5 Å². The Morgan fingerprint density at radius 2 is 2.13 bits per heavy atom. The van der Waals surface area contributed by atoms with Crippen LogP contribution in [0.4, 0.5) is 4.39 Å². The standard InChI is InChI=1S/C11H15FO3/c1-7-6-9(12)11(15-2)10(14)8(7)4-3-5-13/h6,13-14H,3-5H2,1-2H3. The van der Waals surface area contributed by atoms with Crippen LogP contribution in [0.3, 0.4) is 0 Å². The van der Waals surface area contributed by atoms with Gasteiger partial charge < -0.3 is 14.9 Å². The number of aliphatic hydroxyl groups is 1. The lowest BCUT2D eigenvalue weighted by atomic mass is 10.0. The summed E-state index contributed by atoms with van der Waals surface area (Å²) in [5, 5.41) is 18.4. The van der Waals surface area contributed by atoms with Gasteiger partial charge >= 0.3 is 0 Å². The summed E-state index contributed by atoms with van der Waals surface area (Å²) in [6, 6.07) is 1.32. The maximum absolute atomic E-state index is 13.3. The number of methoxy groups -OCH3 is 1. The molecule has 0 heterocycles. The van der Waals surface area contributed by atoms with E-state index in [0.717, 1.165) is 0 Å². The number of aliphatic hydroxyl groups excluding tert-OH is 1. The van der Waals surface area contributed by atoms with Crippen molar-refractivity contribution < 1.29 is 19.3 Å². The second-order valence-corrected chi connectivity index (χ2v) is 3.36. The van der Waals surface area contributed by atoms with E-state index < -0.39 is 5.82 Å². The van der Waals surface area contributed by atoms with Crippen molar-refractivity contribution in [2.45, 2.75) is 19.8 Å². The van der Waals surface area contributed by atoms with Crippen LogP contribution < -0.4 is 4.74 Å². The van der Waals surface area contributed by atoms with E-state index in [4.69, 9.17) is 9.84 Å². The number of hydrogen-bond acceptors (Lipinski definition) is 3. The Balaban J connectivity index is 3.14. The van der Waals surface area contributed by atoms with Crippen molar-refractivity contribution in [3.05, 3.63) is 23.0 Å². The minimum atomic E-state index is -0.569. The van der Waals surface area contributed by atoms with Gasteiger partial charge in [-0.3, -0.25) is 0 Å². The molecule has 0 radical (unpaired) electrons. The average Bonchev–Trinajstić information content (AvgIpc) is 2.17. The maximum atomic E-state index is 13.3. The molecule has 0 unspecified atom stereocenters. The summed E-state index contributed by atoms with van der Waals surface area (Å²) in [4.78, 5) is 0. The zero-order chi connectivity index (χ0) is 11.4. The molecular formula is C11H15FO3. The van der Waals surface area contributed by atoms with Crippen molar-refractivity contribution in [1.82, 2.24) is 0 Å². The summed E-state index contributed by atoms with van der Waals surface area (Å²) in [6.45, 7) is 1.76. The van der Waals surface area contributed by atoms with Crippen LogP contribution in [0.1, 0.15) is 17.5 Å². The number of aromatic hydroxyl groups is 1. The lowest BCUT2D eigenvalue weighted by Crippen LogP contribution is -1.98. The van der Waals surface area contributed by atoms with Gasteiger partial charge in [0.1, 0.15) is 0 Å². The van der Waals surface area contributed by atoms with E-state index in [-0.39, 0.29) is 18.1 Å². The van der Waals surface area contributed by atoms with E-state index in [1.807, 2.05) is 0 Å². The predicted molar refractivity (Wildman–Crippen MR) is 54.8 cm³/mol. The van der Waals surface area contributed by atoms with Gasteiger partial charge in [-0.15, -0.1) is 0 Å². The Kier molecular flexibility index (Phi) is 3.91. The SMILES string of the molecule is COc1c(F)cc(C)c(CCCO)c1O. The number of hydrogen-bond donors (Lipinski definition) is 2. The fourth-order valence-electron chi connectivity index (χ4n) is 1.55. The molecule has 0 bridgehead atoms. The maximum Gasteiger partial charge on any atom is 0.196 e. The number of phenolic OH excluding ortho intramolecular Hbond substituents is 1. The average molecular weight is 214 g/mol. The molecule has 0 aromatic heterocycles. The van der Waals surface area contributed by atoms with Gasteiger partial charge in [-0.1, -0.05) is 0 Å². The Morgan fingerprint density at radius 3 is 2.67 bits per heavy atom. The molecule has 0 saturated heterocycles. The molecule has 4 heteroatoms. The Bertz CT molecular complexity index is 350. The first-order valence-electron chi connectivity index (χ1n) is 4.77. The lowest BCUT2D eigenvalue weighted by Gasteiger charge is -2.12. The molecule has 0 atom stereocenters. The van der Waals surface area contributed by atoms with E-state index in [2.05, 4.69) is 0 Å². The van der Waals surface area contributed by atoms with E-state index >= 15 is 0 Å². The zero-order valence-electron chi connectivity index (χ0n) is 8.88. The second-order valence-electron chi connectivity index (χ2n) is 3.36. The minimum Gasteiger partial charge on any atom is -0.504 e. The normalized spacial score (nSPS) is 10.4. The number of halogens is 1. The third-order valence-corrected chi connectivity index (χ3v) is 2.33. The highest BCUT2D eigenvalue weighted by molar-refractivity contribution is 5.50. The van der Waals surface area contributed by atoms with E-state index in [1.54, 1.807) is 6.92 Å². The molecule has 15 heavy (non-hydrogen) atoms. The third kappa shape index (κ3) is 2.39. The molecule has 0 aliphatic heterocycles. The quantitative estimate of drug-likeness (QED) is 0.803. The first-order valence-corrected chi connectivity index (χ1v) is 4.77. The van der Waals surface area contributed by atoms with Gasteiger partial charge in [0.15, 0.2) is 17.3 Å². The highest BCUT2D eigenvalue weighted by atomic mass is 19.1. The smallest absolute Gasteiger partial charge is 0.196 e. The Labute approximate surface area is 88.1 Å². The van der Waals surface area contributed by atoms with Gasteiger partial charge in [-0.25, -0.2) is 4.39 Å². The molecule has 0 aliphatic carbocycles. The molecular weight excluding hydrogens is 199 g/mol. The molecule has 0 amide bonds. The number of rotatable bonds is 4. The van der Waals surface area contributed by atoms with Crippen LogP contribution in [0.15, 0.2) is 6.07 Å². The number of aryl methyl sites for hydroxylation is 1. The second kappa shape index (κ2) is 4.98. The van der Waals surface area contributed by atoms with Crippen LogP contribution in [0.25, 0.3) is 0 Å². The summed E-state index contributed by atoms with van der Waals surface area (Å²) in [7, 11) is 1.31. The third-order valence-electron chi connectivity index (χ3n) is 2.33. The van der Waals surface area contributed by atoms with Crippen LogP contribution in [0.2, 0.25) is 0 Å². The van der Waals surface area contributed by atoms with Crippen molar-refractivity contribution >= 4 is 0 Å². The first-order chi connectivity index (χ1) is 7.11. The molecule has 1 rings (SSSR count). The predicted octanol–water partition coefficient (Wildman–Crippen LogP) is 1.77. The summed E-state index contributed by atoms with van der Waals surface area (Å²) in [5.41, 5.74) is 1.29. The summed E-state index contributed by atoms with van der Waals surface area (Å²) in [6.07, 6.45) is 1.04. The Morgan fingerprint density at radius 1 is 1.47 bits per heavy atom. The first kappa shape index (κ1) is 11.8. The van der Waals surface area contributed by atoms with Gasteiger partial charge in [-0.2, -0.15) is 0 Å². The molecule has 0 saturated carbocycles. The van der Waals surface area contributed by atoms with Gasteiger partial charge in [0.25, 0.3) is 0 Å². The largest absolute Gasteiger partial charge is 0.504 e. The molecule has 3 nitrogen and oxygen atoms in total. The van der Waals surface area contributed by atoms with Crippen LogP contribution in [0.5, 0.6) is 11.5 Å². The Hall–Kier alpha value is -1.29. The lowest BCUT2D eigenvalue weighted by molar-refractivity contribution is 0.287. The molecule has 1 aromatic rings. The van der Waals surface area contributed by atoms with Crippen LogP contribution >= 0.6 is 0 Å². The molecule has 0 aliphatic rings. The van der Waals surface area contributed by atoms with Crippen LogP contribution in [0, 0.1) is 12.7 Å². The molecule has 1 aromatic carbocycles. The molecule has 0 fully saturated rings. The molecule has 2 N–H and O–H groups in total. The summed E-state index contributed by atoms with van der Waals surface area (Å²) in [5.74, 6) is -0.864. The topological polar surface area (TPSA) is 49.7 Å². The monoisotopic (exact) mass is 214 g/mol. The number of benzene rings is 1.